The molecule has 4 heteroatoms. The maximum atomic E-state index is 11.7. The smallest absolute Gasteiger partial charge is 0.403 e. The van der Waals surface area contributed by atoms with Crippen LogP contribution in [-0.2, 0) is 11.3 Å². The van der Waals surface area contributed by atoms with Crippen LogP contribution in [-0.4, -0.2) is 5.97 Å². The monoisotopic (exact) mass is 355 g/mol. The number of carbonyl (C=O) groups is 1. The first kappa shape index (κ1) is 14.6. The average Bonchev–Trinajstić information content (AvgIpc) is 2.37. The predicted octanol–water partition coefficient (Wildman–Crippen LogP) is -0.830. The fourth-order valence-electron chi connectivity index (χ4n) is 1.50. The normalized spacial score (nSPS) is 9.39. The summed E-state index contributed by atoms with van der Waals surface area (Å²) in [4.78, 5) is 14.7. The summed E-state index contributed by atoms with van der Waals surface area (Å²) in [6, 6.07) is 15.0. The molecule has 1 aromatic heterocycles. The zero-order valence-electron chi connectivity index (χ0n) is 10.0. The third-order valence-electron chi connectivity index (χ3n) is 2.37. The Morgan fingerprint density at radius 3 is 2.50 bits per heavy atom. The molecule has 18 heavy (non-hydrogen) atoms. The van der Waals surface area contributed by atoms with Crippen molar-refractivity contribution in [3.63, 3.8) is 0 Å². The molecular weight excluding hydrogens is 341 g/mol. The Morgan fingerprint density at radius 1 is 1.11 bits per heavy atom. The van der Waals surface area contributed by atoms with Gasteiger partial charge in [-0.1, -0.05) is 30.3 Å². The van der Waals surface area contributed by atoms with Crippen LogP contribution >= 0.6 is 0 Å². The summed E-state index contributed by atoms with van der Waals surface area (Å²) in [6.07, 6.45) is 0. The zero-order chi connectivity index (χ0) is 12.1. The maximum absolute atomic E-state index is 11.7. The fourth-order valence-corrected chi connectivity index (χ4v) is 1.50. The summed E-state index contributed by atoms with van der Waals surface area (Å²) in [5.41, 5.74) is 2.38. The quantitative estimate of drug-likeness (QED) is 0.533. The Hall–Kier alpha value is -1.43. The van der Waals surface area contributed by atoms with Gasteiger partial charge in [-0.2, -0.15) is 0 Å². The van der Waals surface area contributed by atoms with Gasteiger partial charge in [0.25, 0.3) is 5.69 Å². The molecule has 2 rings (SSSR count). The maximum Gasteiger partial charge on any atom is 0.403 e. The summed E-state index contributed by atoms with van der Waals surface area (Å²) < 4.78 is 5.20. The van der Waals surface area contributed by atoms with Gasteiger partial charge in [0.1, 0.15) is 6.61 Å². The van der Waals surface area contributed by atoms with Crippen LogP contribution in [0.2, 0.25) is 0 Å². The van der Waals surface area contributed by atoms with Gasteiger partial charge in [-0.15, -0.1) is 0 Å². The number of hydrogen-bond acceptors (Lipinski definition) is 2. The lowest BCUT2D eigenvalue weighted by Crippen LogP contribution is -3.00. The summed E-state index contributed by atoms with van der Waals surface area (Å²) in [6.45, 7) is 2.19. The highest BCUT2D eigenvalue weighted by Gasteiger charge is 2.14. The van der Waals surface area contributed by atoms with Gasteiger partial charge in [0.15, 0.2) is 5.69 Å². The number of benzene rings is 1. The molecule has 0 fully saturated rings. The Bertz CT molecular complexity index is 514. The van der Waals surface area contributed by atoms with E-state index in [0.29, 0.717) is 12.3 Å². The minimum atomic E-state index is -0.336. The van der Waals surface area contributed by atoms with Gasteiger partial charge in [0.05, 0.1) is 0 Å². The molecule has 0 aliphatic heterocycles. The van der Waals surface area contributed by atoms with Crippen LogP contribution in [0.1, 0.15) is 21.7 Å². The zero-order valence-corrected chi connectivity index (χ0v) is 12.2. The van der Waals surface area contributed by atoms with Crippen LogP contribution in [0.5, 0.6) is 0 Å². The molecule has 94 valence electrons. The van der Waals surface area contributed by atoms with Crippen molar-refractivity contribution >= 4 is 5.97 Å². The van der Waals surface area contributed by atoms with Gasteiger partial charge in [0.2, 0.25) is 0 Å². The number of esters is 1. The van der Waals surface area contributed by atoms with Gasteiger partial charge in [-0.25, -0.2) is 9.78 Å². The number of hydrogen-bond donors (Lipinski definition) is 0. The van der Waals surface area contributed by atoms with Crippen molar-refractivity contribution in [3.8, 4) is 0 Å². The molecule has 0 spiro atoms. The molecular formula is C14H14INO2. The summed E-state index contributed by atoms with van der Waals surface area (Å²) in [5.74, 6) is -0.336. The number of nitrogens with one attached hydrogen (secondary N) is 1. The van der Waals surface area contributed by atoms with Crippen molar-refractivity contribution in [2.45, 2.75) is 13.5 Å². The standard InChI is InChI=1S/C14H13NO2.HI/c1-11-6-5-9-13(15-11)14(16)17-10-12-7-3-2-4-8-12;/h2-9H,10H2,1H3;1H. The van der Waals surface area contributed by atoms with E-state index in [1.54, 1.807) is 6.07 Å². The van der Waals surface area contributed by atoms with Crippen molar-refractivity contribution < 1.29 is 38.5 Å². The molecule has 0 aliphatic carbocycles. The number of pyridine rings is 1. The Morgan fingerprint density at radius 2 is 1.83 bits per heavy atom. The SMILES string of the molecule is Cc1cccc(C(=O)OCc2ccccc2)[nH+]1.[I-]. The van der Waals surface area contributed by atoms with E-state index >= 15 is 0 Å². The molecule has 0 saturated carbocycles. The van der Waals surface area contributed by atoms with Crippen molar-refractivity contribution in [2.75, 3.05) is 0 Å². The molecule has 0 aliphatic rings. The van der Waals surface area contributed by atoms with Crippen LogP contribution < -0.4 is 29.0 Å². The van der Waals surface area contributed by atoms with Crippen molar-refractivity contribution in [2.24, 2.45) is 0 Å². The second kappa shape index (κ2) is 7.10. The Balaban J connectivity index is 0.00000162. The molecule has 1 heterocycles. The number of ether oxygens (including phenoxy) is 1. The second-order valence-corrected chi connectivity index (χ2v) is 3.81. The lowest BCUT2D eigenvalue weighted by atomic mass is 10.2. The third kappa shape index (κ3) is 4.10. The summed E-state index contributed by atoms with van der Waals surface area (Å²) >= 11 is 0. The lowest BCUT2D eigenvalue weighted by molar-refractivity contribution is -0.393. The van der Waals surface area contributed by atoms with Gasteiger partial charge >= 0.3 is 5.97 Å². The first-order valence-electron chi connectivity index (χ1n) is 5.46. The van der Waals surface area contributed by atoms with Crippen LogP contribution in [0, 0.1) is 6.92 Å². The molecule has 2 aromatic rings. The van der Waals surface area contributed by atoms with E-state index in [2.05, 4.69) is 4.98 Å². The van der Waals surface area contributed by atoms with Crippen molar-refractivity contribution in [1.29, 1.82) is 0 Å². The highest BCUT2D eigenvalue weighted by atomic mass is 127. The minimum absolute atomic E-state index is 0. The number of aromatic nitrogens is 1. The third-order valence-corrected chi connectivity index (χ3v) is 2.37. The van der Waals surface area contributed by atoms with Crippen LogP contribution in [0.15, 0.2) is 48.5 Å². The van der Waals surface area contributed by atoms with E-state index in [-0.39, 0.29) is 29.9 Å². The van der Waals surface area contributed by atoms with E-state index in [1.807, 2.05) is 49.4 Å². The predicted molar refractivity (Wildman–Crippen MR) is 63.3 cm³/mol. The molecule has 1 aromatic carbocycles. The Kier molecular flexibility index (Phi) is 5.77. The second-order valence-electron chi connectivity index (χ2n) is 3.81. The number of carbonyl (C=O) groups excluding carboxylic acids is 1. The number of aromatic amines is 1. The number of halogens is 1. The highest BCUT2D eigenvalue weighted by molar-refractivity contribution is 5.85. The molecule has 0 amide bonds. The van der Waals surface area contributed by atoms with Crippen molar-refractivity contribution in [1.82, 2.24) is 0 Å². The molecule has 0 radical (unpaired) electrons. The number of H-pyrrole nitrogens is 1. The van der Waals surface area contributed by atoms with E-state index in [9.17, 15) is 4.79 Å². The van der Waals surface area contributed by atoms with Gasteiger partial charge in [-0.3, -0.25) is 0 Å². The van der Waals surface area contributed by atoms with Crippen LogP contribution in [0.25, 0.3) is 0 Å². The lowest BCUT2D eigenvalue weighted by Gasteiger charge is -2.01. The van der Waals surface area contributed by atoms with Gasteiger partial charge < -0.3 is 28.7 Å². The first-order valence-corrected chi connectivity index (χ1v) is 5.46. The first-order chi connectivity index (χ1) is 8.25. The number of aryl methyl sites for hydroxylation is 1. The van der Waals surface area contributed by atoms with Crippen LogP contribution in [0.3, 0.4) is 0 Å². The van der Waals surface area contributed by atoms with Gasteiger partial charge in [0, 0.05) is 19.1 Å². The summed E-state index contributed by atoms with van der Waals surface area (Å²) in [5, 5.41) is 0. The van der Waals surface area contributed by atoms with Gasteiger partial charge in [-0.05, 0) is 11.6 Å². The van der Waals surface area contributed by atoms with E-state index < -0.39 is 0 Å². The van der Waals surface area contributed by atoms with E-state index in [4.69, 9.17) is 4.74 Å². The Labute approximate surface area is 123 Å². The molecule has 0 unspecified atom stereocenters. The number of rotatable bonds is 3. The molecule has 1 N–H and O–H groups in total. The topological polar surface area (TPSA) is 40.4 Å². The van der Waals surface area contributed by atoms with Crippen LogP contribution in [0.4, 0.5) is 0 Å². The minimum Gasteiger partial charge on any atom is -1.00 e. The van der Waals surface area contributed by atoms with E-state index in [1.165, 1.54) is 0 Å². The molecule has 0 atom stereocenters. The average molecular weight is 355 g/mol. The van der Waals surface area contributed by atoms with Crippen molar-refractivity contribution in [3.05, 3.63) is 65.5 Å². The molecule has 3 nitrogen and oxygen atoms in total. The fraction of sp³-hybridized carbons (Fsp3) is 0.143. The molecule has 0 saturated heterocycles. The van der Waals surface area contributed by atoms with E-state index in [0.717, 1.165) is 11.3 Å². The largest absolute Gasteiger partial charge is 1.00 e. The summed E-state index contributed by atoms with van der Waals surface area (Å²) in [7, 11) is 0. The highest BCUT2D eigenvalue weighted by Crippen LogP contribution is 2.03. The molecule has 0 bridgehead atoms.